The molecule has 122 valence electrons. The molecule has 0 spiro atoms. The summed E-state index contributed by atoms with van der Waals surface area (Å²) in [4.78, 5) is 0. The van der Waals surface area contributed by atoms with Crippen molar-refractivity contribution in [2.24, 2.45) is 0 Å². The number of rotatable bonds is 6. The van der Waals surface area contributed by atoms with Gasteiger partial charge in [-0.3, -0.25) is 0 Å². The maximum Gasteiger partial charge on any atom is 0.161 e. The molecule has 0 aromatic heterocycles. The fraction of sp³-hybridized carbons (Fsp3) is 0.217. The quantitative estimate of drug-likeness (QED) is 0.471. The zero-order valence-electron chi connectivity index (χ0n) is 14.1. The van der Waals surface area contributed by atoms with Crippen molar-refractivity contribution < 1.29 is 4.39 Å². The fourth-order valence-electron chi connectivity index (χ4n) is 3.14. The Hall–Kier alpha value is -2.41. The molecule has 1 unspecified atom stereocenters. The molecule has 0 nitrogen and oxygen atoms in total. The number of halogens is 1. The summed E-state index contributed by atoms with van der Waals surface area (Å²) in [5.41, 5.74) is 2.33. The van der Waals surface area contributed by atoms with E-state index in [1.165, 1.54) is 0 Å². The molecule has 0 N–H and O–H groups in total. The Kier molecular flexibility index (Phi) is 5.10. The van der Waals surface area contributed by atoms with Gasteiger partial charge in [-0.2, -0.15) is 0 Å². The van der Waals surface area contributed by atoms with Crippen LogP contribution < -0.4 is 0 Å². The van der Waals surface area contributed by atoms with Gasteiger partial charge in [0.25, 0.3) is 0 Å². The Morgan fingerprint density at radius 2 is 1.17 bits per heavy atom. The summed E-state index contributed by atoms with van der Waals surface area (Å²) in [6.07, 6.45) is 2.37. The van der Waals surface area contributed by atoms with E-state index >= 15 is 4.39 Å². The van der Waals surface area contributed by atoms with E-state index in [0.717, 1.165) is 35.1 Å². The monoisotopic (exact) mass is 318 g/mol. The minimum absolute atomic E-state index is 0.512. The second-order valence-corrected chi connectivity index (χ2v) is 6.21. The third-order valence-corrected chi connectivity index (χ3v) is 4.56. The predicted molar refractivity (Wildman–Crippen MR) is 99.7 cm³/mol. The van der Waals surface area contributed by atoms with Gasteiger partial charge in [0.2, 0.25) is 0 Å². The fourth-order valence-corrected chi connectivity index (χ4v) is 3.14. The van der Waals surface area contributed by atoms with Crippen LogP contribution in [0.1, 0.15) is 37.3 Å². The minimum Gasteiger partial charge on any atom is -0.233 e. The van der Waals surface area contributed by atoms with Crippen LogP contribution in [0, 0.1) is 0 Å². The summed E-state index contributed by atoms with van der Waals surface area (Å²) in [5.74, 6) is 0. The topological polar surface area (TPSA) is 0 Å². The van der Waals surface area contributed by atoms with Gasteiger partial charge in [-0.05, 0) is 35.1 Å². The smallest absolute Gasteiger partial charge is 0.161 e. The summed E-state index contributed by atoms with van der Waals surface area (Å²) >= 11 is 0. The van der Waals surface area contributed by atoms with Crippen LogP contribution in [0.2, 0.25) is 0 Å². The highest BCUT2D eigenvalue weighted by Crippen LogP contribution is 2.39. The van der Waals surface area contributed by atoms with E-state index in [-0.39, 0.29) is 0 Å². The first kappa shape index (κ1) is 16.4. The SMILES string of the molecule is CCCCC(F)(c1ccccc1)c1ccc(-c2ccccc2)cc1. The van der Waals surface area contributed by atoms with Gasteiger partial charge in [-0.1, -0.05) is 98.3 Å². The summed E-state index contributed by atoms with van der Waals surface area (Å²) < 4.78 is 16.0. The van der Waals surface area contributed by atoms with E-state index < -0.39 is 5.67 Å². The van der Waals surface area contributed by atoms with Gasteiger partial charge in [0.15, 0.2) is 5.67 Å². The largest absolute Gasteiger partial charge is 0.233 e. The Morgan fingerprint density at radius 3 is 1.75 bits per heavy atom. The van der Waals surface area contributed by atoms with E-state index in [9.17, 15) is 0 Å². The third-order valence-electron chi connectivity index (χ3n) is 4.56. The standard InChI is InChI=1S/C23H23F/c1-2-3-18-23(24,21-12-8-5-9-13-21)22-16-14-20(15-17-22)19-10-6-4-7-11-19/h4-17H,2-3,18H2,1H3. The normalized spacial score (nSPS) is 13.4. The lowest BCUT2D eigenvalue weighted by atomic mass is 9.83. The van der Waals surface area contributed by atoms with Crippen molar-refractivity contribution in [2.45, 2.75) is 31.9 Å². The lowest BCUT2D eigenvalue weighted by molar-refractivity contribution is 0.200. The van der Waals surface area contributed by atoms with Gasteiger partial charge in [0, 0.05) is 0 Å². The molecule has 3 aromatic rings. The number of unbranched alkanes of at least 4 members (excludes halogenated alkanes) is 1. The van der Waals surface area contributed by atoms with Crippen LogP contribution >= 0.6 is 0 Å². The molecule has 0 heterocycles. The molecule has 3 aromatic carbocycles. The summed E-state index contributed by atoms with van der Waals surface area (Å²) in [6, 6.07) is 27.6. The molecule has 0 aliphatic carbocycles. The Morgan fingerprint density at radius 1 is 0.667 bits per heavy atom. The van der Waals surface area contributed by atoms with Gasteiger partial charge in [0.1, 0.15) is 0 Å². The first-order valence-corrected chi connectivity index (χ1v) is 8.64. The highest BCUT2D eigenvalue weighted by atomic mass is 19.1. The molecule has 0 aliphatic heterocycles. The van der Waals surface area contributed by atoms with Crippen LogP contribution in [-0.4, -0.2) is 0 Å². The van der Waals surface area contributed by atoms with Gasteiger partial charge in [0.05, 0.1) is 0 Å². The molecule has 0 bridgehead atoms. The van der Waals surface area contributed by atoms with Crippen LogP contribution in [0.5, 0.6) is 0 Å². The average Bonchev–Trinajstić information content (AvgIpc) is 2.67. The van der Waals surface area contributed by atoms with Crippen LogP contribution in [0.25, 0.3) is 11.1 Å². The maximum atomic E-state index is 16.0. The van der Waals surface area contributed by atoms with Crippen molar-refractivity contribution >= 4 is 0 Å². The minimum atomic E-state index is -1.42. The molecule has 3 rings (SSSR count). The number of hydrogen-bond acceptors (Lipinski definition) is 0. The third kappa shape index (κ3) is 3.41. The Bertz CT molecular complexity index is 747. The average molecular weight is 318 g/mol. The van der Waals surface area contributed by atoms with E-state index in [4.69, 9.17) is 0 Å². The molecular weight excluding hydrogens is 295 g/mol. The molecule has 1 atom stereocenters. The van der Waals surface area contributed by atoms with Crippen molar-refractivity contribution in [3.63, 3.8) is 0 Å². The Labute approximate surface area is 144 Å². The van der Waals surface area contributed by atoms with E-state index in [1.807, 2.05) is 72.8 Å². The van der Waals surface area contributed by atoms with Crippen molar-refractivity contribution in [3.8, 4) is 11.1 Å². The number of alkyl halides is 1. The van der Waals surface area contributed by atoms with Gasteiger partial charge < -0.3 is 0 Å². The zero-order chi connectivity index (χ0) is 16.8. The van der Waals surface area contributed by atoms with Gasteiger partial charge in [-0.25, -0.2) is 4.39 Å². The predicted octanol–water partition coefficient (Wildman–Crippen LogP) is 6.76. The van der Waals surface area contributed by atoms with Crippen LogP contribution in [0.15, 0.2) is 84.9 Å². The number of benzene rings is 3. The summed E-state index contributed by atoms with van der Waals surface area (Å²) in [5, 5.41) is 0. The highest BCUT2D eigenvalue weighted by molar-refractivity contribution is 5.63. The van der Waals surface area contributed by atoms with Crippen LogP contribution in [0.3, 0.4) is 0 Å². The van der Waals surface area contributed by atoms with E-state index in [0.29, 0.717) is 6.42 Å². The number of hydrogen-bond donors (Lipinski definition) is 0. The second-order valence-electron chi connectivity index (χ2n) is 6.21. The lowest BCUT2D eigenvalue weighted by Crippen LogP contribution is -2.21. The summed E-state index contributed by atoms with van der Waals surface area (Å²) in [6.45, 7) is 2.10. The van der Waals surface area contributed by atoms with Gasteiger partial charge >= 0.3 is 0 Å². The maximum absolute atomic E-state index is 16.0. The molecule has 1 heteroatoms. The van der Waals surface area contributed by atoms with Crippen molar-refractivity contribution in [1.82, 2.24) is 0 Å². The molecule has 0 saturated heterocycles. The highest BCUT2D eigenvalue weighted by Gasteiger charge is 2.33. The molecule has 0 fully saturated rings. The lowest BCUT2D eigenvalue weighted by Gasteiger charge is -2.27. The first-order valence-electron chi connectivity index (χ1n) is 8.64. The summed E-state index contributed by atoms with van der Waals surface area (Å²) in [7, 11) is 0. The molecule has 0 saturated carbocycles. The molecule has 24 heavy (non-hydrogen) atoms. The molecular formula is C23H23F. The molecule has 0 amide bonds. The van der Waals surface area contributed by atoms with E-state index in [1.54, 1.807) is 0 Å². The first-order chi connectivity index (χ1) is 11.7. The van der Waals surface area contributed by atoms with Gasteiger partial charge in [-0.15, -0.1) is 0 Å². The van der Waals surface area contributed by atoms with Crippen molar-refractivity contribution in [2.75, 3.05) is 0 Å². The van der Waals surface area contributed by atoms with Crippen molar-refractivity contribution in [1.29, 1.82) is 0 Å². The van der Waals surface area contributed by atoms with Crippen LogP contribution in [0.4, 0.5) is 4.39 Å². The molecule has 0 aliphatic rings. The Balaban J connectivity index is 1.96. The molecule has 0 radical (unpaired) electrons. The zero-order valence-corrected chi connectivity index (χ0v) is 14.1. The van der Waals surface area contributed by atoms with Crippen LogP contribution in [-0.2, 0) is 5.67 Å². The second kappa shape index (κ2) is 7.44. The van der Waals surface area contributed by atoms with E-state index in [2.05, 4.69) is 19.1 Å². The van der Waals surface area contributed by atoms with Crippen molar-refractivity contribution in [3.05, 3.63) is 96.1 Å².